The van der Waals surface area contributed by atoms with Gasteiger partial charge in [0, 0.05) is 32.6 Å². The van der Waals surface area contributed by atoms with Gasteiger partial charge in [-0.3, -0.25) is 9.59 Å². The number of aromatic nitrogens is 1. The largest absolute Gasteiger partial charge is 0.491 e. The minimum atomic E-state index is -1.22. The Labute approximate surface area is 155 Å². The fourth-order valence-electron chi connectivity index (χ4n) is 3.93. The lowest BCUT2D eigenvalue weighted by Gasteiger charge is -2.32. The second-order valence-corrected chi connectivity index (χ2v) is 6.99. The van der Waals surface area contributed by atoms with Crippen LogP contribution in [0.4, 0.5) is 0 Å². The van der Waals surface area contributed by atoms with Crippen LogP contribution >= 0.6 is 0 Å². The summed E-state index contributed by atoms with van der Waals surface area (Å²) in [4.78, 5) is 38.2. The Hall–Kier alpha value is -3.09. The van der Waals surface area contributed by atoms with E-state index in [1.807, 2.05) is 24.3 Å². The van der Waals surface area contributed by atoms with Crippen LogP contribution in [-0.4, -0.2) is 39.6 Å². The molecule has 3 heterocycles. The number of hydrogen-bond donors (Lipinski definition) is 1. The molecule has 4 rings (SSSR count). The van der Waals surface area contributed by atoms with Crippen molar-refractivity contribution in [1.82, 2.24) is 9.47 Å². The monoisotopic (exact) mass is 368 g/mol. The fraction of sp³-hybridized carbons (Fsp3) is 0.350. The average Bonchev–Trinajstić information content (AvgIpc) is 2.66. The van der Waals surface area contributed by atoms with Crippen molar-refractivity contribution in [3.8, 4) is 5.75 Å². The molecule has 0 spiro atoms. The number of carboxylic acid groups (broad SMARTS) is 1. The highest BCUT2D eigenvalue weighted by molar-refractivity contribution is 5.89. The first-order chi connectivity index (χ1) is 13.0. The molecule has 0 aliphatic carbocycles. The number of carboxylic acids is 1. The van der Waals surface area contributed by atoms with Gasteiger partial charge in [0.2, 0.25) is 5.91 Å². The molecule has 0 fully saturated rings. The van der Waals surface area contributed by atoms with Crippen LogP contribution in [-0.2, 0) is 24.2 Å². The van der Waals surface area contributed by atoms with Gasteiger partial charge in [0.1, 0.15) is 17.9 Å². The van der Waals surface area contributed by atoms with Gasteiger partial charge < -0.3 is 19.3 Å². The molecule has 1 amide bonds. The molecule has 0 saturated carbocycles. The summed E-state index contributed by atoms with van der Waals surface area (Å²) in [5.74, 6) is -0.495. The number of ether oxygens (including phenoxy) is 1. The van der Waals surface area contributed by atoms with Gasteiger partial charge in [-0.25, -0.2) is 4.79 Å². The van der Waals surface area contributed by atoms with Crippen LogP contribution in [0.25, 0.3) is 0 Å². The molecule has 1 unspecified atom stereocenters. The van der Waals surface area contributed by atoms with E-state index >= 15 is 0 Å². The van der Waals surface area contributed by atoms with Crippen LogP contribution in [0.1, 0.15) is 40.0 Å². The smallest absolute Gasteiger partial charge is 0.341 e. The minimum absolute atomic E-state index is 0.0646. The molecule has 7 heteroatoms. The van der Waals surface area contributed by atoms with E-state index in [4.69, 9.17) is 4.74 Å². The second-order valence-electron chi connectivity index (χ2n) is 6.99. The summed E-state index contributed by atoms with van der Waals surface area (Å²) in [7, 11) is 0. The first-order valence-electron chi connectivity index (χ1n) is 8.92. The van der Waals surface area contributed by atoms with Gasteiger partial charge in [-0.15, -0.1) is 0 Å². The van der Waals surface area contributed by atoms with Crippen molar-refractivity contribution in [1.29, 1.82) is 0 Å². The molecule has 0 saturated heterocycles. The van der Waals surface area contributed by atoms with E-state index < -0.39 is 11.5 Å². The highest BCUT2D eigenvalue weighted by Crippen LogP contribution is 2.30. The fourth-order valence-corrected chi connectivity index (χ4v) is 3.93. The van der Waals surface area contributed by atoms with Crippen molar-refractivity contribution in [2.45, 2.75) is 32.4 Å². The van der Waals surface area contributed by atoms with E-state index in [-0.39, 0.29) is 17.5 Å². The molecule has 0 bridgehead atoms. The van der Waals surface area contributed by atoms with Crippen molar-refractivity contribution >= 4 is 11.9 Å². The summed E-state index contributed by atoms with van der Waals surface area (Å²) in [5, 5.41) is 9.65. The summed E-state index contributed by atoms with van der Waals surface area (Å²) in [5.41, 5.74) is 1.55. The Kier molecular flexibility index (Phi) is 4.22. The van der Waals surface area contributed by atoms with Crippen LogP contribution in [0.3, 0.4) is 0 Å². The van der Waals surface area contributed by atoms with Crippen LogP contribution < -0.4 is 10.3 Å². The van der Waals surface area contributed by atoms with Gasteiger partial charge in [0.15, 0.2) is 0 Å². The molecule has 1 aromatic carbocycles. The molecule has 1 N–H and O–H groups in total. The number of carbonyl (C=O) groups excluding carboxylic acids is 1. The number of hydrogen-bond acceptors (Lipinski definition) is 4. The molecule has 2 aliphatic rings. The van der Waals surface area contributed by atoms with Crippen molar-refractivity contribution in [2.24, 2.45) is 0 Å². The summed E-state index contributed by atoms with van der Waals surface area (Å²) >= 11 is 0. The number of para-hydroxylation sites is 1. The number of benzene rings is 1. The minimum Gasteiger partial charge on any atom is -0.491 e. The maximum Gasteiger partial charge on any atom is 0.341 e. The summed E-state index contributed by atoms with van der Waals surface area (Å²) in [6.07, 6.45) is 2.67. The Morgan fingerprint density at radius 2 is 2.00 bits per heavy atom. The normalized spacial score (nSPS) is 18.3. The van der Waals surface area contributed by atoms with E-state index in [9.17, 15) is 19.5 Å². The number of rotatable bonds is 2. The Morgan fingerprint density at radius 3 is 2.74 bits per heavy atom. The Morgan fingerprint density at radius 1 is 1.22 bits per heavy atom. The predicted octanol–water partition coefficient (Wildman–Crippen LogP) is 1.63. The standard InChI is InChI=1S/C20H20N2O5/c1-12(23)21-7-6-16-14(9-21)10-22(19(24)18(16)20(25)26)15-8-13-4-2-3-5-17(13)27-11-15/h2-5,10,15H,6-9,11H2,1H3,(H,25,26). The van der Waals surface area contributed by atoms with Crippen molar-refractivity contribution in [3.05, 3.63) is 63.1 Å². The number of carbonyl (C=O) groups is 2. The van der Waals surface area contributed by atoms with Crippen LogP contribution in [0, 0.1) is 0 Å². The lowest BCUT2D eigenvalue weighted by molar-refractivity contribution is -0.129. The quantitative estimate of drug-likeness (QED) is 0.870. The van der Waals surface area contributed by atoms with E-state index in [1.54, 1.807) is 11.1 Å². The Bertz CT molecular complexity index is 994. The Balaban J connectivity index is 1.79. The number of fused-ring (bicyclic) bond motifs is 2. The zero-order valence-electron chi connectivity index (χ0n) is 15.0. The number of nitrogens with zero attached hydrogens (tertiary/aromatic N) is 2. The molecule has 0 radical (unpaired) electrons. The molecule has 2 aromatic rings. The third-order valence-electron chi connectivity index (χ3n) is 5.34. The molecular formula is C20H20N2O5. The lowest BCUT2D eigenvalue weighted by Crippen LogP contribution is -2.41. The first kappa shape index (κ1) is 17.3. The molecular weight excluding hydrogens is 348 g/mol. The topological polar surface area (TPSA) is 88.8 Å². The summed E-state index contributed by atoms with van der Waals surface area (Å²) < 4.78 is 7.25. The highest BCUT2D eigenvalue weighted by Gasteiger charge is 2.30. The van der Waals surface area contributed by atoms with Gasteiger partial charge in [0.25, 0.3) is 5.56 Å². The maximum absolute atomic E-state index is 13.0. The van der Waals surface area contributed by atoms with E-state index in [2.05, 4.69) is 0 Å². The van der Waals surface area contributed by atoms with Crippen molar-refractivity contribution in [2.75, 3.05) is 13.2 Å². The second kappa shape index (κ2) is 6.57. The van der Waals surface area contributed by atoms with Crippen molar-refractivity contribution < 1.29 is 19.4 Å². The van der Waals surface area contributed by atoms with E-state index in [1.165, 1.54) is 11.5 Å². The van der Waals surface area contributed by atoms with Gasteiger partial charge in [-0.2, -0.15) is 0 Å². The summed E-state index contributed by atoms with van der Waals surface area (Å²) in [6.45, 7) is 2.53. The molecule has 27 heavy (non-hydrogen) atoms. The zero-order valence-corrected chi connectivity index (χ0v) is 15.0. The predicted molar refractivity (Wildman–Crippen MR) is 97.1 cm³/mol. The van der Waals surface area contributed by atoms with E-state index in [0.29, 0.717) is 43.7 Å². The lowest BCUT2D eigenvalue weighted by atomic mass is 9.95. The zero-order chi connectivity index (χ0) is 19.1. The first-order valence-corrected chi connectivity index (χ1v) is 8.92. The highest BCUT2D eigenvalue weighted by atomic mass is 16.5. The molecule has 140 valence electrons. The van der Waals surface area contributed by atoms with Crippen LogP contribution in [0.2, 0.25) is 0 Å². The molecule has 1 aromatic heterocycles. The SMILES string of the molecule is CC(=O)N1CCc2c(cn(C3COc4ccccc4C3)c(=O)c2C(=O)O)C1. The number of amides is 1. The number of pyridine rings is 1. The van der Waals surface area contributed by atoms with Crippen LogP contribution in [0.5, 0.6) is 5.75 Å². The third-order valence-corrected chi connectivity index (χ3v) is 5.34. The molecule has 1 atom stereocenters. The number of aromatic carboxylic acids is 1. The maximum atomic E-state index is 13.0. The van der Waals surface area contributed by atoms with Crippen LogP contribution in [0.15, 0.2) is 35.3 Å². The van der Waals surface area contributed by atoms with Gasteiger partial charge in [0.05, 0.1) is 6.04 Å². The van der Waals surface area contributed by atoms with Gasteiger partial charge >= 0.3 is 5.97 Å². The molecule has 2 aliphatic heterocycles. The van der Waals surface area contributed by atoms with E-state index in [0.717, 1.165) is 11.3 Å². The van der Waals surface area contributed by atoms with Crippen molar-refractivity contribution in [3.63, 3.8) is 0 Å². The van der Waals surface area contributed by atoms with Gasteiger partial charge in [-0.1, -0.05) is 18.2 Å². The van der Waals surface area contributed by atoms with Gasteiger partial charge in [-0.05, 0) is 29.2 Å². The third kappa shape index (κ3) is 2.99. The average molecular weight is 368 g/mol. The molecule has 7 nitrogen and oxygen atoms in total. The summed E-state index contributed by atoms with van der Waals surface area (Å²) in [6, 6.07) is 7.34.